The Hall–Kier alpha value is -3.81. The van der Waals surface area contributed by atoms with Gasteiger partial charge in [-0.05, 0) is 23.3 Å². The van der Waals surface area contributed by atoms with Gasteiger partial charge in [-0.25, -0.2) is 4.39 Å². The van der Waals surface area contributed by atoms with Crippen molar-refractivity contribution in [1.29, 1.82) is 0 Å². The molecule has 0 aliphatic carbocycles. The van der Waals surface area contributed by atoms with Gasteiger partial charge in [0, 0.05) is 11.8 Å². The lowest BCUT2D eigenvalue weighted by Gasteiger charge is -2.18. The summed E-state index contributed by atoms with van der Waals surface area (Å²) in [5.41, 5.74) is 2.62. The summed E-state index contributed by atoms with van der Waals surface area (Å²) in [6, 6.07) is 15.6. The molecule has 4 rings (SSSR count). The van der Waals surface area contributed by atoms with Gasteiger partial charge in [-0.1, -0.05) is 42.5 Å². The molecule has 0 bridgehead atoms. The maximum absolute atomic E-state index is 13.1. The van der Waals surface area contributed by atoms with Gasteiger partial charge in [0.05, 0.1) is 31.2 Å². The number of halogens is 1. The number of hydrogen-bond donors (Lipinski definition) is 1. The molecule has 4 aromatic rings. The minimum Gasteiger partial charge on any atom is -0.346 e. The van der Waals surface area contributed by atoms with Crippen molar-refractivity contribution in [2.75, 3.05) is 0 Å². The van der Waals surface area contributed by atoms with Gasteiger partial charge in [0.25, 0.3) is 0 Å². The Balaban J connectivity index is 1.45. The fraction of sp³-hybridized carbons (Fsp3) is 0.143. The largest absolute Gasteiger partial charge is 0.346 e. The van der Waals surface area contributed by atoms with E-state index in [0.717, 1.165) is 16.7 Å². The van der Waals surface area contributed by atoms with Crippen LogP contribution in [0.5, 0.6) is 0 Å². The molecule has 2 aromatic heterocycles. The fourth-order valence-electron chi connectivity index (χ4n) is 3.05. The van der Waals surface area contributed by atoms with Gasteiger partial charge in [0.1, 0.15) is 12.4 Å². The van der Waals surface area contributed by atoms with Crippen molar-refractivity contribution in [2.45, 2.75) is 19.1 Å². The van der Waals surface area contributed by atoms with Crippen LogP contribution < -0.4 is 5.32 Å². The second kappa shape index (κ2) is 8.47. The predicted molar refractivity (Wildman–Crippen MR) is 105 cm³/mol. The van der Waals surface area contributed by atoms with Crippen molar-refractivity contribution in [2.24, 2.45) is 0 Å². The average molecular weight is 390 g/mol. The molecular weight excluding hydrogens is 371 g/mol. The van der Waals surface area contributed by atoms with Crippen molar-refractivity contribution in [1.82, 2.24) is 30.1 Å². The molecule has 7 nitrogen and oxygen atoms in total. The lowest BCUT2D eigenvalue weighted by atomic mass is 10.1. The standard InChI is InChI=1S/C21H19FN6O/c22-19-8-6-16(7-9-19)18-12-25-27(13-18)15-21(29)26-20(14-28-23-10-11-24-28)17-4-2-1-3-5-17/h1-13,20H,14-15H2,(H,26,29)/t20-/m1/s1. The maximum atomic E-state index is 13.1. The highest BCUT2D eigenvalue weighted by atomic mass is 19.1. The lowest BCUT2D eigenvalue weighted by molar-refractivity contribution is -0.122. The molecule has 29 heavy (non-hydrogen) atoms. The first kappa shape index (κ1) is 18.5. The molecule has 0 saturated carbocycles. The Morgan fingerprint density at radius 3 is 2.41 bits per heavy atom. The van der Waals surface area contributed by atoms with Gasteiger partial charge in [0.15, 0.2) is 0 Å². The summed E-state index contributed by atoms with van der Waals surface area (Å²) in [6.45, 7) is 0.486. The number of carbonyl (C=O) groups excluding carboxylic acids is 1. The van der Waals surface area contributed by atoms with Crippen LogP contribution in [0.1, 0.15) is 11.6 Å². The molecule has 0 aliphatic heterocycles. The van der Waals surface area contributed by atoms with Crippen LogP contribution in [0.3, 0.4) is 0 Å². The quantitative estimate of drug-likeness (QED) is 0.526. The van der Waals surface area contributed by atoms with E-state index in [1.54, 1.807) is 46.4 Å². The van der Waals surface area contributed by atoms with Crippen LogP contribution in [0.2, 0.25) is 0 Å². The minimum absolute atomic E-state index is 0.0665. The Kier molecular flexibility index (Phi) is 5.42. The van der Waals surface area contributed by atoms with E-state index in [9.17, 15) is 9.18 Å². The van der Waals surface area contributed by atoms with E-state index in [2.05, 4.69) is 20.6 Å². The van der Waals surface area contributed by atoms with Crippen LogP contribution in [-0.2, 0) is 17.9 Å². The Bertz CT molecular complexity index is 1060. The number of aromatic nitrogens is 5. The second-order valence-corrected chi connectivity index (χ2v) is 6.55. The highest BCUT2D eigenvalue weighted by molar-refractivity contribution is 5.76. The molecule has 1 atom stereocenters. The van der Waals surface area contributed by atoms with Crippen LogP contribution in [0.25, 0.3) is 11.1 Å². The molecule has 1 N–H and O–H groups in total. The third-order valence-corrected chi connectivity index (χ3v) is 4.47. The molecule has 2 aromatic carbocycles. The van der Waals surface area contributed by atoms with Crippen LogP contribution >= 0.6 is 0 Å². The first-order valence-corrected chi connectivity index (χ1v) is 9.14. The second-order valence-electron chi connectivity index (χ2n) is 6.55. The molecule has 0 spiro atoms. The summed E-state index contributed by atoms with van der Waals surface area (Å²) in [7, 11) is 0. The van der Waals surface area contributed by atoms with E-state index in [4.69, 9.17) is 0 Å². The van der Waals surface area contributed by atoms with Crippen molar-refractivity contribution < 1.29 is 9.18 Å². The van der Waals surface area contributed by atoms with Crippen LogP contribution in [-0.4, -0.2) is 30.7 Å². The van der Waals surface area contributed by atoms with E-state index < -0.39 is 0 Å². The number of nitrogens with one attached hydrogen (secondary N) is 1. The molecule has 146 valence electrons. The molecule has 0 radical (unpaired) electrons. The van der Waals surface area contributed by atoms with Crippen molar-refractivity contribution >= 4 is 5.91 Å². The third kappa shape index (κ3) is 4.73. The molecule has 8 heteroatoms. The number of carbonyl (C=O) groups is 1. The summed E-state index contributed by atoms with van der Waals surface area (Å²) in [5.74, 6) is -0.473. The summed E-state index contributed by atoms with van der Waals surface area (Å²) in [4.78, 5) is 14.2. The first-order valence-electron chi connectivity index (χ1n) is 9.14. The summed E-state index contributed by atoms with van der Waals surface area (Å²) in [6.07, 6.45) is 6.62. The number of amides is 1. The average Bonchev–Trinajstić information content (AvgIpc) is 3.41. The highest BCUT2D eigenvalue weighted by Gasteiger charge is 2.17. The van der Waals surface area contributed by atoms with Gasteiger partial charge in [-0.2, -0.15) is 20.1 Å². The Labute approximate surface area is 166 Å². The summed E-state index contributed by atoms with van der Waals surface area (Å²) in [5, 5.41) is 15.5. The topological polar surface area (TPSA) is 77.6 Å². The smallest absolute Gasteiger partial charge is 0.242 e. The van der Waals surface area contributed by atoms with Crippen LogP contribution in [0.15, 0.2) is 79.4 Å². The van der Waals surface area contributed by atoms with Gasteiger partial charge in [0.2, 0.25) is 5.91 Å². The lowest BCUT2D eigenvalue weighted by Crippen LogP contribution is -2.34. The van der Waals surface area contributed by atoms with Crippen molar-refractivity contribution in [3.8, 4) is 11.1 Å². The van der Waals surface area contributed by atoms with E-state index in [1.165, 1.54) is 12.1 Å². The predicted octanol–water partition coefficient (Wildman–Crippen LogP) is 2.84. The monoisotopic (exact) mass is 390 g/mol. The van der Waals surface area contributed by atoms with Crippen molar-refractivity contribution in [3.63, 3.8) is 0 Å². The van der Waals surface area contributed by atoms with Gasteiger partial charge < -0.3 is 5.32 Å². The maximum Gasteiger partial charge on any atom is 0.242 e. The zero-order chi connectivity index (χ0) is 20.1. The highest BCUT2D eigenvalue weighted by Crippen LogP contribution is 2.19. The number of rotatable bonds is 7. The van der Waals surface area contributed by atoms with Crippen LogP contribution in [0.4, 0.5) is 4.39 Å². The zero-order valence-electron chi connectivity index (χ0n) is 15.5. The Morgan fingerprint density at radius 1 is 0.966 bits per heavy atom. The molecular formula is C21H19FN6O. The number of benzene rings is 2. The van der Waals surface area contributed by atoms with Crippen LogP contribution in [0, 0.1) is 5.82 Å². The van der Waals surface area contributed by atoms with E-state index >= 15 is 0 Å². The van der Waals surface area contributed by atoms with E-state index in [-0.39, 0.29) is 24.3 Å². The zero-order valence-corrected chi connectivity index (χ0v) is 15.5. The Morgan fingerprint density at radius 2 is 1.69 bits per heavy atom. The van der Waals surface area contributed by atoms with Crippen molar-refractivity contribution in [3.05, 3.63) is 90.8 Å². The van der Waals surface area contributed by atoms with Gasteiger partial charge in [-0.15, -0.1) is 0 Å². The molecule has 0 fully saturated rings. The number of nitrogens with zero attached hydrogens (tertiary/aromatic N) is 5. The summed E-state index contributed by atoms with van der Waals surface area (Å²) < 4.78 is 14.6. The van der Waals surface area contributed by atoms with Gasteiger partial charge >= 0.3 is 0 Å². The molecule has 0 aliphatic rings. The van der Waals surface area contributed by atoms with E-state index in [1.807, 2.05) is 30.3 Å². The van der Waals surface area contributed by atoms with Gasteiger partial charge in [-0.3, -0.25) is 9.48 Å². The number of hydrogen-bond acceptors (Lipinski definition) is 4. The first-order chi connectivity index (χ1) is 14.2. The molecule has 2 heterocycles. The fourth-order valence-corrected chi connectivity index (χ4v) is 3.05. The molecule has 1 amide bonds. The molecule has 0 saturated heterocycles. The van der Waals surface area contributed by atoms with E-state index in [0.29, 0.717) is 6.54 Å². The SMILES string of the molecule is O=C(Cn1cc(-c2ccc(F)cc2)cn1)N[C@H](Cn1nccn1)c1ccccc1. The summed E-state index contributed by atoms with van der Waals surface area (Å²) >= 11 is 0. The molecule has 0 unspecified atom stereocenters. The normalized spacial score (nSPS) is 11.9. The minimum atomic E-state index is -0.292. The third-order valence-electron chi connectivity index (χ3n) is 4.47.